The minimum Gasteiger partial charge on any atom is -0.454 e. The first kappa shape index (κ1) is 8.39. The maximum absolute atomic E-state index is 8.81. The van der Waals surface area contributed by atoms with Crippen molar-refractivity contribution >= 4 is 15.9 Å². The van der Waals surface area contributed by atoms with Crippen LogP contribution in [0.25, 0.3) is 0 Å². The molecule has 0 spiro atoms. The Morgan fingerprint density at radius 3 is 3.00 bits per heavy atom. The van der Waals surface area contributed by atoms with Crippen molar-refractivity contribution in [3.05, 3.63) is 21.7 Å². The monoisotopic (exact) mass is 239 g/mol. The number of nitrogens with zero attached hydrogens (tertiary/aromatic N) is 1. The van der Waals surface area contributed by atoms with E-state index in [1.807, 2.05) is 6.92 Å². The highest BCUT2D eigenvalue weighted by Gasteiger charge is 2.20. The Bertz CT molecular complexity index is 405. The standard InChI is InChI=1S/C9H6BrNO2/c1-5-6(3-11)2-7-9(8(5)10)13-4-12-7/h2H,4H2,1H3. The van der Waals surface area contributed by atoms with Crippen LogP contribution in [0.3, 0.4) is 0 Å². The average molecular weight is 240 g/mol. The second-order valence-corrected chi connectivity index (χ2v) is 3.50. The van der Waals surface area contributed by atoms with Crippen LogP contribution < -0.4 is 9.47 Å². The van der Waals surface area contributed by atoms with Gasteiger partial charge in [0, 0.05) is 6.07 Å². The molecule has 0 aromatic heterocycles. The molecule has 1 aliphatic heterocycles. The predicted octanol–water partition coefficient (Wildman–Crippen LogP) is 2.36. The van der Waals surface area contributed by atoms with Gasteiger partial charge in [-0.1, -0.05) is 0 Å². The van der Waals surface area contributed by atoms with Gasteiger partial charge in [0.25, 0.3) is 0 Å². The minimum absolute atomic E-state index is 0.224. The summed E-state index contributed by atoms with van der Waals surface area (Å²) in [5, 5.41) is 8.81. The quantitative estimate of drug-likeness (QED) is 0.698. The molecule has 0 bridgehead atoms. The molecule has 1 aromatic rings. The van der Waals surface area contributed by atoms with Gasteiger partial charge in [0.15, 0.2) is 11.5 Å². The summed E-state index contributed by atoms with van der Waals surface area (Å²) in [5.41, 5.74) is 1.49. The number of rotatable bonds is 0. The summed E-state index contributed by atoms with van der Waals surface area (Å²) in [6.07, 6.45) is 0. The van der Waals surface area contributed by atoms with Crippen molar-refractivity contribution < 1.29 is 9.47 Å². The van der Waals surface area contributed by atoms with Crippen LogP contribution in [0, 0.1) is 18.3 Å². The summed E-state index contributed by atoms with van der Waals surface area (Å²) in [6.45, 7) is 2.09. The van der Waals surface area contributed by atoms with Crippen molar-refractivity contribution in [1.29, 1.82) is 5.26 Å². The third kappa shape index (κ3) is 1.16. The third-order valence-corrected chi connectivity index (χ3v) is 2.92. The Balaban J connectivity index is 2.70. The van der Waals surface area contributed by atoms with E-state index in [4.69, 9.17) is 14.7 Å². The first-order chi connectivity index (χ1) is 6.24. The van der Waals surface area contributed by atoms with E-state index in [1.165, 1.54) is 0 Å². The van der Waals surface area contributed by atoms with E-state index in [0.717, 1.165) is 10.0 Å². The zero-order chi connectivity index (χ0) is 9.42. The summed E-state index contributed by atoms with van der Waals surface area (Å²) >= 11 is 3.37. The summed E-state index contributed by atoms with van der Waals surface area (Å²) < 4.78 is 11.2. The first-order valence-electron chi connectivity index (χ1n) is 3.73. The van der Waals surface area contributed by atoms with Gasteiger partial charge in [-0.3, -0.25) is 0 Å². The molecule has 13 heavy (non-hydrogen) atoms. The van der Waals surface area contributed by atoms with Gasteiger partial charge in [0.05, 0.1) is 16.1 Å². The van der Waals surface area contributed by atoms with Crippen LogP contribution in [0.15, 0.2) is 10.5 Å². The predicted molar refractivity (Wildman–Crippen MR) is 49.7 cm³/mol. The molecule has 0 N–H and O–H groups in total. The molecule has 0 aliphatic carbocycles. The molecule has 1 aliphatic rings. The van der Waals surface area contributed by atoms with Crippen LogP contribution in [0.5, 0.6) is 11.5 Å². The maximum Gasteiger partial charge on any atom is 0.231 e. The highest BCUT2D eigenvalue weighted by molar-refractivity contribution is 9.10. The first-order valence-corrected chi connectivity index (χ1v) is 4.52. The van der Waals surface area contributed by atoms with Gasteiger partial charge < -0.3 is 9.47 Å². The fourth-order valence-corrected chi connectivity index (χ4v) is 1.73. The van der Waals surface area contributed by atoms with Crippen molar-refractivity contribution in [2.24, 2.45) is 0 Å². The molecular formula is C9H6BrNO2. The zero-order valence-corrected chi connectivity index (χ0v) is 8.51. The summed E-state index contributed by atoms with van der Waals surface area (Å²) in [6, 6.07) is 3.80. The van der Waals surface area contributed by atoms with Crippen molar-refractivity contribution in [2.45, 2.75) is 6.92 Å². The Hall–Kier alpha value is -1.21. The number of halogens is 1. The number of hydrogen-bond donors (Lipinski definition) is 0. The van der Waals surface area contributed by atoms with Crippen LogP contribution in [-0.4, -0.2) is 6.79 Å². The smallest absolute Gasteiger partial charge is 0.231 e. The Kier molecular flexibility index (Phi) is 1.89. The highest BCUT2D eigenvalue weighted by atomic mass is 79.9. The Labute approximate surface area is 84.0 Å². The van der Waals surface area contributed by atoms with Crippen molar-refractivity contribution in [1.82, 2.24) is 0 Å². The van der Waals surface area contributed by atoms with Crippen LogP contribution in [0.2, 0.25) is 0 Å². The molecule has 0 radical (unpaired) electrons. The van der Waals surface area contributed by atoms with Gasteiger partial charge in [-0.2, -0.15) is 5.26 Å². The average Bonchev–Trinajstić information content (AvgIpc) is 2.59. The number of nitriles is 1. The normalized spacial score (nSPS) is 12.7. The van der Waals surface area contributed by atoms with Gasteiger partial charge in [-0.25, -0.2) is 0 Å². The molecule has 66 valence electrons. The minimum atomic E-state index is 0.224. The lowest BCUT2D eigenvalue weighted by molar-refractivity contribution is 0.173. The van der Waals surface area contributed by atoms with Crippen molar-refractivity contribution in [3.63, 3.8) is 0 Å². The maximum atomic E-state index is 8.81. The number of ether oxygens (including phenoxy) is 2. The molecule has 0 atom stereocenters. The van der Waals surface area contributed by atoms with Gasteiger partial charge in [0.2, 0.25) is 6.79 Å². The van der Waals surface area contributed by atoms with Gasteiger partial charge >= 0.3 is 0 Å². The van der Waals surface area contributed by atoms with E-state index in [1.54, 1.807) is 6.07 Å². The van der Waals surface area contributed by atoms with E-state index < -0.39 is 0 Å². The van der Waals surface area contributed by atoms with E-state index >= 15 is 0 Å². The van der Waals surface area contributed by atoms with Crippen molar-refractivity contribution in [2.75, 3.05) is 6.79 Å². The lowest BCUT2D eigenvalue weighted by Gasteiger charge is -2.04. The summed E-state index contributed by atoms with van der Waals surface area (Å²) in [4.78, 5) is 0. The van der Waals surface area contributed by atoms with Crippen LogP contribution >= 0.6 is 15.9 Å². The Morgan fingerprint density at radius 1 is 1.54 bits per heavy atom. The molecule has 4 heteroatoms. The van der Waals surface area contributed by atoms with Crippen LogP contribution in [-0.2, 0) is 0 Å². The molecule has 0 unspecified atom stereocenters. The number of fused-ring (bicyclic) bond motifs is 1. The molecular weight excluding hydrogens is 234 g/mol. The second kappa shape index (κ2) is 2.93. The number of hydrogen-bond acceptors (Lipinski definition) is 3. The van der Waals surface area contributed by atoms with Crippen molar-refractivity contribution in [3.8, 4) is 17.6 Å². The van der Waals surface area contributed by atoms with E-state index in [-0.39, 0.29) is 6.79 Å². The topological polar surface area (TPSA) is 42.2 Å². The third-order valence-electron chi connectivity index (χ3n) is 1.97. The molecule has 0 amide bonds. The van der Waals surface area contributed by atoms with E-state index in [0.29, 0.717) is 17.1 Å². The second-order valence-electron chi connectivity index (χ2n) is 2.71. The zero-order valence-electron chi connectivity index (χ0n) is 6.93. The SMILES string of the molecule is Cc1c(C#N)cc2c(c1Br)OCO2. The van der Waals surface area contributed by atoms with Crippen LogP contribution in [0.1, 0.15) is 11.1 Å². The molecule has 1 aromatic carbocycles. The molecule has 1 heterocycles. The summed E-state index contributed by atoms with van der Waals surface area (Å²) in [7, 11) is 0. The summed E-state index contributed by atoms with van der Waals surface area (Å²) in [5.74, 6) is 1.32. The lowest BCUT2D eigenvalue weighted by Crippen LogP contribution is -1.93. The van der Waals surface area contributed by atoms with Gasteiger partial charge in [-0.05, 0) is 28.4 Å². The Morgan fingerprint density at radius 2 is 2.31 bits per heavy atom. The highest BCUT2D eigenvalue weighted by Crippen LogP contribution is 2.42. The molecule has 0 fully saturated rings. The lowest BCUT2D eigenvalue weighted by atomic mass is 10.1. The molecule has 3 nitrogen and oxygen atoms in total. The fourth-order valence-electron chi connectivity index (χ4n) is 1.21. The fraction of sp³-hybridized carbons (Fsp3) is 0.222. The molecule has 0 saturated heterocycles. The van der Waals surface area contributed by atoms with E-state index in [9.17, 15) is 0 Å². The molecule has 2 rings (SSSR count). The van der Waals surface area contributed by atoms with Gasteiger partial charge in [0.1, 0.15) is 0 Å². The molecule has 0 saturated carbocycles. The van der Waals surface area contributed by atoms with E-state index in [2.05, 4.69) is 22.0 Å². The van der Waals surface area contributed by atoms with Crippen LogP contribution in [0.4, 0.5) is 0 Å². The number of benzene rings is 1. The van der Waals surface area contributed by atoms with Gasteiger partial charge in [-0.15, -0.1) is 0 Å². The largest absolute Gasteiger partial charge is 0.454 e.